The monoisotopic (exact) mass is 583 g/mol. The number of carboxylic acids is 1. The molecule has 10 nitrogen and oxygen atoms in total. The van der Waals surface area contributed by atoms with E-state index in [2.05, 4.69) is 10.4 Å². The highest BCUT2D eigenvalue weighted by Crippen LogP contribution is 2.24. The number of rotatable bonds is 15. The molecular weight excluding hydrogens is 554 g/mol. The first-order chi connectivity index (χ1) is 18.5. The van der Waals surface area contributed by atoms with Crippen molar-refractivity contribution in [1.82, 2.24) is 14.3 Å². The SMILES string of the molecule is CCC(C)(Oc1ccc(OCCNc2nn(CCCC(F)(F)F)c(=O)n(CCCC(F)(F)F)c2=O)cc1)C(=O)[O-]. The van der Waals surface area contributed by atoms with Crippen molar-refractivity contribution in [2.75, 3.05) is 18.5 Å². The smallest absolute Gasteiger partial charge is 0.389 e. The van der Waals surface area contributed by atoms with Crippen LogP contribution in [0, 0.1) is 0 Å². The summed E-state index contributed by atoms with van der Waals surface area (Å²) in [6.07, 6.45) is -12.5. The minimum absolute atomic E-state index is 0.0612. The topological polar surface area (TPSA) is 128 Å². The lowest BCUT2D eigenvalue weighted by Gasteiger charge is -2.30. The number of ether oxygens (including phenoxy) is 2. The normalized spacial score (nSPS) is 13.5. The molecule has 1 atom stereocenters. The molecule has 2 rings (SSSR count). The third-order valence-corrected chi connectivity index (χ3v) is 5.73. The van der Waals surface area contributed by atoms with E-state index in [1.807, 2.05) is 0 Å². The summed E-state index contributed by atoms with van der Waals surface area (Å²) in [6, 6.07) is 5.93. The van der Waals surface area contributed by atoms with E-state index < -0.39 is 79.8 Å². The van der Waals surface area contributed by atoms with Crippen LogP contribution in [0.4, 0.5) is 32.2 Å². The number of halogens is 6. The number of aromatic nitrogens is 3. The van der Waals surface area contributed by atoms with Gasteiger partial charge in [-0.25, -0.2) is 9.48 Å². The zero-order chi connectivity index (χ0) is 30.1. The van der Waals surface area contributed by atoms with Crippen LogP contribution in [0.2, 0.25) is 0 Å². The second-order valence-corrected chi connectivity index (χ2v) is 8.97. The molecule has 0 bridgehead atoms. The number of alkyl halides is 6. The minimum atomic E-state index is -4.52. The lowest BCUT2D eigenvalue weighted by atomic mass is 10.0. The summed E-state index contributed by atoms with van der Waals surface area (Å²) in [7, 11) is 0. The fraction of sp³-hybridized carbons (Fsp3) is 0.583. The molecule has 0 fully saturated rings. The summed E-state index contributed by atoms with van der Waals surface area (Å²) >= 11 is 0. The molecule has 0 aliphatic carbocycles. The van der Waals surface area contributed by atoms with Gasteiger partial charge >= 0.3 is 18.0 Å². The third kappa shape index (κ3) is 10.1. The first-order valence-electron chi connectivity index (χ1n) is 12.3. The molecule has 1 unspecified atom stereocenters. The van der Waals surface area contributed by atoms with Gasteiger partial charge in [0, 0.05) is 25.9 Å². The summed E-state index contributed by atoms with van der Waals surface area (Å²) in [5, 5.41) is 17.6. The van der Waals surface area contributed by atoms with Gasteiger partial charge < -0.3 is 24.7 Å². The lowest BCUT2D eigenvalue weighted by molar-refractivity contribution is -0.321. The quantitative estimate of drug-likeness (QED) is 0.251. The first-order valence-corrected chi connectivity index (χ1v) is 12.3. The lowest BCUT2D eigenvalue weighted by Crippen LogP contribution is -2.49. The van der Waals surface area contributed by atoms with Gasteiger partial charge in [-0.15, -0.1) is 5.10 Å². The Morgan fingerprint density at radius 1 is 0.975 bits per heavy atom. The molecule has 0 amide bonds. The van der Waals surface area contributed by atoms with E-state index in [1.54, 1.807) is 6.92 Å². The van der Waals surface area contributed by atoms with Gasteiger partial charge in [-0.3, -0.25) is 9.36 Å². The summed E-state index contributed by atoms with van der Waals surface area (Å²) in [6.45, 7) is 1.76. The number of anilines is 1. The Labute approximate surface area is 224 Å². The number of carboxylic acid groups (broad SMARTS) is 1. The summed E-state index contributed by atoms with van der Waals surface area (Å²) in [4.78, 5) is 36.5. The van der Waals surface area contributed by atoms with Crippen molar-refractivity contribution >= 4 is 11.8 Å². The zero-order valence-corrected chi connectivity index (χ0v) is 21.7. The fourth-order valence-corrected chi connectivity index (χ4v) is 3.34. The molecule has 0 radical (unpaired) electrons. The predicted molar refractivity (Wildman–Crippen MR) is 128 cm³/mol. The molecule has 2 aromatic rings. The van der Waals surface area contributed by atoms with Crippen LogP contribution in [0.15, 0.2) is 33.9 Å². The standard InChI is InChI=1S/C24H30F6N4O6/c1-3-22(2,20(36)37)40-17-8-6-16(7-9-17)39-15-12-31-18-19(35)33(13-4-10-23(25,26)27)21(38)34(32-18)14-5-11-24(28,29)30/h6-9H,3-5,10-15H2,1-2H3,(H,31,32)(H,36,37)/p-1. The summed E-state index contributed by atoms with van der Waals surface area (Å²) in [5.41, 5.74) is -3.66. The second kappa shape index (κ2) is 13.6. The Morgan fingerprint density at radius 2 is 1.52 bits per heavy atom. The maximum absolute atomic E-state index is 12.7. The first kappa shape index (κ1) is 32.5. The number of carbonyl (C=O) groups is 1. The molecule has 0 aliphatic rings. The summed E-state index contributed by atoms with van der Waals surface area (Å²) < 4.78 is 87.3. The Hall–Kier alpha value is -3.72. The number of benzene rings is 1. The van der Waals surface area contributed by atoms with E-state index in [-0.39, 0.29) is 25.3 Å². The maximum Gasteiger partial charge on any atom is 0.389 e. The molecule has 16 heteroatoms. The van der Waals surface area contributed by atoms with Gasteiger partial charge in [0.2, 0.25) is 5.82 Å². The molecule has 1 heterocycles. The van der Waals surface area contributed by atoms with Crippen LogP contribution in [0.5, 0.6) is 11.5 Å². The molecule has 0 saturated heterocycles. The molecule has 0 spiro atoms. The van der Waals surface area contributed by atoms with Gasteiger partial charge in [0.25, 0.3) is 5.56 Å². The highest BCUT2D eigenvalue weighted by molar-refractivity contribution is 5.75. The van der Waals surface area contributed by atoms with Gasteiger partial charge in [0.15, 0.2) is 0 Å². The average molecular weight is 584 g/mol. The molecular formula is C24H29F6N4O6-. The summed E-state index contributed by atoms with van der Waals surface area (Å²) in [5.74, 6) is -1.22. The number of carbonyl (C=O) groups excluding carboxylic acids is 1. The van der Waals surface area contributed by atoms with Crippen LogP contribution >= 0.6 is 0 Å². The van der Waals surface area contributed by atoms with Crippen LogP contribution in [0.25, 0.3) is 0 Å². The van der Waals surface area contributed by atoms with Crippen LogP contribution < -0.4 is 31.1 Å². The third-order valence-electron chi connectivity index (χ3n) is 5.73. The number of nitrogens with one attached hydrogen (secondary N) is 1. The number of nitrogens with zero attached hydrogens (tertiary/aromatic N) is 3. The predicted octanol–water partition coefficient (Wildman–Crippen LogP) is 2.88. The van der Waals surface area contributed by atoms with Gasteiger partial charge in [0.05, 0.1) is 12.5 Å². The van der Waals surface area contributed by atoms with Gasteiger partial charge in [0.1, 0.15) is 23.7 Å². The Bertz CT molecular complexity index is 1240. The van der Waals surface area contributed by atoms with Crippen LogP contribution in [-0.4, -0.2) is 51.4 Å². The van der Waals surface area contributed by atoms with Crippen molar-refractivity contribution in [3.05, 3.63) is 45.1 Å². The van der Waals surface area contributed by atoms with E-state index in [4.69, 9.17) is 9.47 Å². The van der Waals surface area contributed by atoms with E-state index in [0.717, 1.165) is 0 Å². The Kier molecular flexibility index (Phi) is 11.0. The van der Waals surface area contributed by atoms with Crippen LogP contribution in [-0.2, 0) is 17.9 Å². The van der Waals surface area contributed by atoms with Gasteiger partial charge in [-0.1, -0.05) is 6.92 Å². The number of aliphatic carboxylic acids is 1. The van der Waals surface area contributed by atoms with Gasteiger partial charge in [-0.05, 0) is 50.5 Å². The highest BCUT2D eigenvalue weighted by Gasteiger charge is 2.28. The van der Waals surface area contributed by atoms with Crippen molar-refractivity contribution in [1.29, 1.82) is 0 Å². The van der Waals surface area contributed by atoms with Crippen molar-refractivity contribution in [2.45, 2.75) is 77.0 Å². The second-order valence-electron chi connectivity index (χ2n) is 8.97. The fourth-order valence-electron chi connectivity index (χ4n) is 3.34. The van der Waals surface area contributed by atoms with Crippen molar-refractivity contribution < 1.29 is 45.7 Å². The Balaban J connectivity index is 2.08. The molecule has 1 aromatic heterocycles. The van der Waals surface area contributed by atoms with E-state index in [9.17, 15) is 45.8 Å². The van der Waals surface area contributed by atoms with Crippen molar-refractivity contribution in [3.63, 3.8) is 0 Å². The largest absolute Gasteiger partial charge is 0.546 e. The number of hydrogen-bond donors (Lipinski definition) is 1. The maximum atomic E-state index is 12.7. The van der Waals surface area contributed by atoms with Gasteiger partial charge in [-0.2, -0.15) is 26.3 Å². The Morgan fingerprint density at radius 3 is 2.05 bits per heavy atom. The highest BCUT2D eigenvalue weighted by atomic mass is 19.4. The molecule has 40 heavy (non-hydrogen) atoms. The van der Waals surface area contributed by atoms with E-state index in [0.29, 0.717) is 15.0 Å². The van der Waals surface area contributed by atoms with Crippen molar-refractivity contribution in [2.24, 2.45) is 0 Å². The average Bonchev–Trinajstić information content (AvgIpc) is 2.85. The molecule has 0 aliphatic heterocycles. The van der Waals surface area contributed by atoms with E-state index in [1.165, 1.54) is 31.2 Å². The molecule has 1 N–H and O–H groups in total. The molecule has 1 aromatic carbocycles. The number of hydrogen-bond acceptors (Lipinski definition) is 8. The molecule has 0 saturated carbocycles. The molecule has 224 valence electrons. The van der Waals surface area contributed by atoms with Crippen molar-refractivity contribution in [3.8, 4) is 11.5 Å². The number of aryl methyl sites for hydroxylation is 1. The zero-order valence-electron chi connectivity index (χ0n) is 21.7. The minimum Gasteiger partial charge on any atom is -0.546 e. The van der Waals surface area contributed by atoms with Crippen LogP contribution in [0.1, 0.15) is 46.0 Å². The van der Waals surface area contributed by atoms with Crippen LogP contribution in [0.3, 0.4) is 0 Å². The van der Waals surface area contributed by atoms with E-state index >= 15 is 0 Å².